The van der Waals surface area contributed by atoms with E-state index in [0.717, 1.165) is 13.0 Å². The molecule has 0 spiro atoms. The van der Waals surface area contributed by atoms with Crippen LogP contribution in [0, 0.1) is 5.41 Å². The molecule has 0 aliphatic rings. The standard InChI is InChI=1S/C11H19Cl2NO2/c1-11(2,4-3-10(15)16)5-6-14-8-9(13)7-12/h7,14H,3-6,8H2,1-2H3,(H,15,16). The Balaban J connectivity index is 3.69. The van der Waals surface area contributed by atoms with Crippen LogP contribution in [-0.4, -0.2) is 24.2 Å². The van der Waals surface area contributed by atoms with Crippen molar-refractivity contribution in [2.24, 2.45) is 5.41 Å². The van der Waals surface area contributed by atoms with Crippen LogP contribution in [0.15, 0.2) is 10.6 Å². The SMILES string of the molecule is CC(C)(CCNCC(Cl)=CCl)CCC(=O)O. The molecule has 3 nitrogen and oxygen atoms in total. The minimum atomic E-state index is -0.742. The van der Waals surface area contributed by atoms with Crippen LogP contribution < -0.4 is 5.32 Å². The maximum Gasteiger partial charge on any atom is 0.303 e. The Morgan fingerprint density at radius 3 is 2.56 bits per heavy atom. The number of rotatable bonds is 8. The van der Waals surface area contributed by atoms with E-state index < -0.39 is 5.97 Å². The molecule has 0 aromatic heterocycles. The van der Waals surface area contributed by atoms with Gasteiger partial charge in [0, 0.05) is 23.5 Å². The molecular formula is C11H19Cl2NO2. The Morgan fingerprint density at radius 1 is 1.44 bits per heavy atom. The zero-order valence-electron chi connectivity index (χ0n) is 9.72. The van der Waals surface area contributed by atoms with Gasteiger partial charge in [-0.15, -0.1) is 0 Å². The molecule has 16 heavy (non-hydrogen) atoms. The lowest BCUT2D eigenvalue weighted by atomic mass is 9.84. The molecule has 0 aromatic rings. The molecular weight excluding hydrogens is 249 g/mol. The number of carbonyl (C=O) groups is 1. The Kier molecular flexibility index (Phi) is 7.81. The number of carboxylic acids is 1. The van der Waals surface area contributed by atoms with Crippen molar-refractivity contribution >= 4 is 29.2 Å². The van der Waals surface area contributed by atoms with Crippen molar-refractivity contribution in [2.75, 3.05) is 13.1 Å². The highest BCUT2D eigenvalue weighted by atomic mass is 35.5. The van der Waals surface area contributed by atoms with Gasteiger partial charge >= 0.3 is 5.97 Å². The maximum atomic E-state index is 10.4. The first-order valence-corrected chi connectivity index (χ1v) is 6.06. The van der Waals surface area contributed by atoms with Crippen LogP contribution in [0.5, 0.6) is 0 Å². The molecule has 2 N–H and O–H groups in total. The number of nitrogens with one attached hydrogen (secondary N) is 1. The van der Waals surface area contributed by atoms with Crippen molar-refractivity contribution in [3.05, 3.63) is 10.6 Å². The summed E-state index contributed by atoms with van der Waals surface area (Å²) in [5.41, 5.74) is 1.37. The van der Waals surface area contributed by atoms with E-state index in [9.17, 15) is 4.79 Å². The minimum absolute atomic E-state index is 0.0303. The van der Waals surface area contributed by atoms with E-state index in [4.69, 9.17) is 28.3 Å². The lowest BCUT2D eigenvalue weighted by Crippen LogP contribution is -2.24. The van der Waals surface area contributed by atoms with Gasteiger partial charge in [-0.25, -0.2) is 0 Å². The quantitative estimate of drug-likeness (QED) is 0.665. The summed E-state index contributed by atoms with van der Waals surface area (Å²) < 4.78 is 0. The molecule has 0 saturated heterocycles. The summed E-state index contributed by atoms with van der Waals surface area (Å²) >= 11 is 11.1. The topological polar surface area (TPSA) is 49.3 Å². The number of halogens is 2. The van der Waals surface area contributed by atoms with E-state index in [1.807, 2.05) is 0 Å². The second-order valence-corrected chi connectivity index (χ2v) is 5.24. The highest BCUT2D eigenvalue weighted by Gasteiger charge is 2.18. The van der Waals surface area contributed by atoms with Crippen molar-refractivity contribution in [3.8, 4) is 0 Å². The van der Waals surface area contributed by atoms with Crippen LogP contribution >= 0.6 is 23.2 Å². The molecule has 0 bridgehead atoms. The Bertz CT molecular complexity index is 252. The van der Waals surface area contributed by atoms with Crippen LogP contribution in [-0.2, 0) is 4.79 Å². The van der Waals surface area contributed by atoms with Crippen LogP contribution in [0.1, 0.15) is 33.1 Å². The molecule has 0 aliphatic carbocycles. The monoisotopic (exact) mass is 267 g/mol. The van der Waals surface area contributed by atoms with Gasteiger partial charge in [-0.2, -0.15) is 0 Å². The summed E-state index contributed by atoms with van der Waals surface area (Å²) in [5.74, 6) is -0.742. The average molecular weight is 268 g/mol. The summed E-state index contributed by atoms with van der Waals surface area (Å²) in [4.78, 5) is 10.4. The predicted molar refractivity (Wildman–Crippen MR) is 67.9 cm³/mol. The molecule has 0 saturated carbocycles. The van der Waals surface area contributed by atoms with Gasteiger partial charge in [-0.05, 0) is 24.8 Å². The van der Waals surface area contributed by atoms with Crippen molar-refractivity contribution in [1.29, 1.82) is 0 Å². The summed E-state index contributed by atoms with van der Waals surface area (Å²) in [6.07, 6.45) is 1.81. The van der Waals surface area contributed by atoms with E-state index >= 15 is 0 Å². The van der Waals surface area contributed by atoms with E-state index in [0.29, 0.717) is 18.0 Å². The Morgan fingerprint density at radius 2 is 2.06 bits per heavy atom. The average Bonchev–Trinajstić information content (AvgIpc) is 2.21. The first-order valence-electron chi connectivity index (χ1n) is 5.24. The molecule has 94 valence electrons. The van der Waals surface area contributed by atoms with Gasteiger partial charge in [0.25, 0.3) is 0 Å². The maximum absolute atomic E-state index is 10.4. The van der Waals surface area contributed by atoms with Gasteiger partial charge in [0.05, 0.1) is 0 Å². The number of hydrogen-bond acceptors (Lipinski definition) is 2. The smallest absolute Gasteiger partial charge is 0.303 e. The summed E-state index contributed by atoms with van der Waals surface area (Å²) in [7, 11) is 0. The van der Waals surface area contributed by atoms with Gasteiger partial charge in [-0.1, -0.05) is 37.0 Å². The molecule has 5 heteroatoms. The molecule has 0 unspecified atom stereocenters. The first-order chi connectivity index (χ1) is 7.37. The van der Waals surface area contributed by atoms with Crippen LogP contribution in [0.4, 0.5) is 0 Å². The lowest BCUT2D eigenvalue weighted by Gasteiger charge is -2.23. The van der Waals surface area contributed by atoms with E-state index in [1.165, 1.54) is 5.54 Å². The molecule has 0 rings (SSSR count). The van der Waals surface area contributed by atoms with Crippen molar-refractivity contribution in [1.82, 2.24) is 5.32 Å². The van der Waals surface area contributed by atoms with Gasteiger partial charge in [0.1, 0.15) is 0 Å². The number of carboxylic acid groups (broad SMARTS) is 1. The first kappa shape index (κ1) is 15.8. The van der Waals surface area contributed by atoms with E-state index in [-0.39, 0.29) is 11.8 Å². The lowest BCUT2D eigenvalue weighted by molar-refractivity contribution is -0.137. The Hall–Kier alpha value is -0.250. The van der Waals surface area contributed by atoms with Gasteiger partial charge in [0.15, 0.2) is 0 Å². The third kappa shape index (κ3) is 9.01. The zero-order valence-corrected chi connectivity index (χ0v) is 11.2. The second kappa shape index (κ2) is 7.93. The van der Waals surface area contributed by atoms with Crippen LogP contribution in [0.3, 0.4) is 0 Å². The summed E-state index contributed by atoms with van der Waals surface area (Å²) in [5, 5.41) is 12.3. The fourth-order valence-corrected chi connectivity index (χ4v) is 1.42. The summed E-state index contributed by atoms with van der Waals surface area (Å²) in [6, 6.07) is 0. The third-order valence-corrected chi connectivity index (χ3v) is 3.02. The normalized spacial score (nSPS) is 12.9. The van der Waals surface area contributed by atoms with Gasteiger partial charge in [-0.3, -0.25) is 4.79 Å². The number of aliphatic carboxylic acids is 1. The largest absolute Gasteiger partial charge is 0.481 e. The fraction of sp³-hybridized carbons (Fsp3) is 0.727. The number of hydrogen-bond donors (Lipinski definition) is 2. The second-order valence-electron chi connectivity index (χ2n) is 4.54. The van der Waals surface area contributed by atoms with Crippen LogP contribution in [0.25, 0.3) is 0 Å². The molecule has 0 radical (unpaired) electrons. The summed E-state index contributed by atoms with van der Waals surface area (Å²) in [6.45, 7) is 5.49. The van der Waals surface area contributed by atoms with Crippen molar-refractivity contribution in [3.63, 3.8) is 0 Å². The molecule has 0 aromatic carbocycles. The molecule has 0 atom stereocenters. The molecule has 0 aliphatic heterocycles. The minimum Gasteiger partial charge on any atom is -0.481 e. The highest BCUT2D eigenvalue weighted by molar-refractivity contribution is 6.36. The van der Waals surface area contributed by atoms with Gasteiger partial charge < -0.3 is 10.4 Å². The van der Waals surface area contributed by atoms with Crippen molar-refractivity contribution in [2.45, 2.75) is 33.1 Å². The molecule has 0 fully saturated rings. The van der Waals surface area contributed by atoms with Crippen molar-refractivity contribution < 1.29 is 9.90 Å². The highest BCUT2D eigenvalue weighted by Crippen LogP contribution is 2.25. The van der Waals surface area contributed by atoms with Crippen LogP contribution in [0.2, 0.25) is 0 Å². The molecule has 0 amide bonds. The van der Waals surface area contributed by atoms with E-state index in [1.54, 1.807) is 0 Å². The predicted octanol–water partition coefficient (Wildman–Crippen LogP) is 3.18. The van der Waals surface area contributed by atoms with Gasteiger partial charge in [0.2, 0.25) is 0 Å². The van der Waals surface area contributed by atoms with E-state index in [2.05, 4.69) is 19.2 Å². The Labute approximate surface area is 107 Å². The molecule has 0 heterocycles. The zero-order chi connectivity index (χ0) is 12.6. The fourth-order valence-electron chi connectivity index (χ4n) is 1.24. The third-order valence-electron chi connectivity index (χ3n) is 2.41.